The van der Waals surface area contributed by atoms with Gasteiger partial charge in [-0.1, -0.05) is 30.3 Å². The van der Waals surface area contributed by atoms with E-state index in [4.69, 9.17) is 5.21 Å². The number of carbonyl (C=O) groups is 2. The molecule has 1 atom stereocenters. The van der Waals surface area contributed by atoms with Crippen molar-refractivity contribution in [1.82, 2.24) is 10.4 Å². The number of benzene rings is 2. The van der Waals surface area contributed by atoms with Crippen molar-refractivity contribution in [2.45, 2.75) is 18.9 Å². The van der Waals surface area contributed by atoms with Crippen LogP contribution in [0, 0.1) is 0 Å². The molecule has 0 aromatic heterocycles. The third kappa shape index (κ3) is 2.27. The average Bonchev–Trinajstić information content (AvgIpc) is 3.04. The van der Waals surface area contributed by atoms with Gasteiger partial charge >= 0.3 is 0 Å². The fourth-order valence-corrected chi connectivity index (χ4v) is 2.94. The predicted octanol–water partition coefficient (Wildman–Crippen LogP) is 1.66. The Labute approximate surface area is 126 Å². The van der Waals surface area contributed by atoms with Crippen molar-refractivity contribution < 1.29 is 19.9 Å². The number of hydrogen-bond donors (Lipinski definition) is 3. The molecular weight excluding hydrogens is 284 g/mol. The second-order valence-corrected chi connectivity index (χ2v) is 5.32. The van der Waals surface area contributed by atoms with Crippen LogP contribution >= 0.6 is 0 Å². The Kier molecular flexibility index (Phi) is 3.68. The topological polar surface area (TPSA) is 89.9 Å². The molecular formula is C16H16N2O4. The van der Waals surface area contributed by atoms with Crippen molar-refractivity contribution in [3.63, 3.8) is 0 Å². The van der Waals surface area contributed by atoms with E-state index in [0.29, 0.717) is 24.8 Å². The Bertz CT molecular complexity index is 744. The number of phenols is 1. The number of carbonyl (C=O) groups excluding carboxylic acids is 2. The number of aromatic hydroxyl groups is 1. The van der Waals surface area contributed by atoms with Gasteiger partial charge in [0.15, 0.2) is 0 Å². The highest BCUT2D eigenvalue weighted by Gasteiger charge is 2.35. The Morgan fingerprint density at radius 2 is 1.95 bits per heavy atom. The van der Waals surface area contributed by atoms with E-state index in [1.54, 1.807) is 29.7 Å². The first-order chi connectivity index (χ1) is 10.6. The lowest BCUT2D eigenvalue weighted by molar-refractivity contribution is -0.133. The van der Waals surface area contributed by atoms with E-state index >= 15 is 0 Å². The summed E-state index contributed by atoms with van der Waals surface area (Å²) in [6.07, 6.45) is 1.17. The molecule has 0 radical (unpaired) electrons. The Morgan fingerprint density at radius 3 is 2.73 bits per heavy atom. The van der Waals surface area contributed by atoms with Crippen LogP contribution in [0.5, 0.6) is 5.75 Å². The van der Waals surface area contributed by atoms with Gasteiger partial charge in [-0.25, -0.2) is 5.48 Å². The maximum absolute atomic E-state index is 12.6. The van der Waals surface area contributed by atoms with Crippen LogP contribution in [0.3, 0.4) is 0 Å². The number of fused-ring (bicyclic) bond motifs is 1. The molecule has 6 nitrogen and oxygen atoms in total. The van der Waals surface area contributed by atoms with E-state index in [0.717, 1.165) is 5.39 Å². The average molecular weight is 300 g/mol. The lowest BCUT2D eigenvalue weighted by Gasteiger charge is -2.23. The molecule has 1 aliphatic heterocycles. The fraction of sp³-hybridized carbons (Fsp3) is 0.250. The Hall–Kier alpha value is -2.60. The van der Waals surface area contributed by atoms with Crippen LogP contribution in [-0.2, 0) is 4.79 Å². The van der Waals surface area contributed by atoms with Gasteiger partial charge in [-0.3, -0.25) is 14.8 Å². The molecule has 2 aromatic carbocycles. The molecule has 0 spiro atoms. The summed E-state index contributed by atoms with van der Waals surface area (Å²) in [5.41, 5.74) is 1.76. The number of likely N-dealkylation sites (tertiary alicyclic amines) is 1. The van der Waals surface area contributed by atoms with Gasteiger partial charge in [0, 0.05) is 11.9 Å². The highest BCUT2D eigenvalue weighted by molar-refractivity contribution is 6.05. The molecule has 0 aliphatic carbocycles. The fourth-order valence-electron chi connectivity index (χ4n) is 2.94. The van der Waals surface area contributed by atoms with Crippen LogP contribution in [-0.4, -0.2) is 39.6 Å². The quantitative estimate of drug-likeness (QED) is 0.581. The van der Waals surface area contributed by atoms with Crippen LogP contribution in [0.4, 0.5) is 0 Å². The molecule has 2 aromatic rings. The minimum atomic E-state index is -0.705. The molecule has 3 rings (SSSR count). The summed E-state index contributed by atoms with van der Waals surface area (Å²) in [6.45, 7) is 0.420. The van der Waals surface area contributed by atoms with Crippen LogP contribution in [0.1, 0.15) is 23.2 Å². The lowest BCUT2D eigenvalue weighted by atomic mass is 10.0. The van der Waals surface area contributed by atoms with Crippen LogP contribution < -0.4 is 5.48 Å². The molecule has 0 saturated carbocycles. The number of amides is 2. The zero-order chi connectivity index (χ0) is 15.7. The number of phenolic OH excluding ortho intramolecular Hbond substituents is 1. The number of hydrogen-bond acceptors (Lipinski definition) is 4. The third-order valence-corrected chi connectivity index (χ3v) is 4.06. The number of nitrogens with one attached hydrogen (secondary N) is 1. The second kappa shape index (κ2) is 5.65. The lowest BCUT2D eigenvalue weighted by Crippen LogP contribution is -2.45. The van der Waals surface area contributed by atoms with Crippen molar-refractivity contribution in [2.75, 3.05) is 6.54 Å². The van der Waals surface area contributed by atoms with Crippen molar-refractivity contribution in [3.8, 4) is 5.75 Å². The summed E-state index contributed by atoms with van der Waals surface area (Å²) in [6, 6.07) is 9.85. The first-order valence-electron chi connectivity index (χ1n) is 7.09. The molecule has 0 bridgehead atoms. The van der Waals surface area contributed by atoms with Gasteiger partial charge in [0.1, 0.15) is 11.8 Å². The zero-order valence-corrected chi connectivity index (χ0v) is 11.8. The maximum atomic E-state index is 12.6. The first kappa shape index (κ1) is 14.3. The van der Waals surface area contributed by atoms with Crippen molar-refractivity contribution in [2.24, 2.45) is 0 Å². The first-order valence-corrected chi connectivity index (χ1v) is 7.09. The van der Waals surface area contributed by atoms with Gasteiger partial charge in [-0.15, -0.1) is 0 Å². The van der Waals surface area contributed by atoms with Gasteiger partial charge in [-0.05, 0) is 24.3 Å². The van der Waals surface area contributed by atoms with E-state index in [-0.39, 0.29) is 11.3 Å². The number of rotatable bonds is 2. The highest BCUT2D eigenvalue weighted by atomic mass is 16.5. The smallest absolute Gasteiger partial charge is 0.266 e. The zero-order valence-electron chi connectivity index (χ0n) is 11.8. The van der Waals surface area contributed by atoms with E-state index in [1.165, 1.54) is 4.90 Å². The maximum Gasteiger partial charge on any atom is 0.266 e. The predicted molar refractivity (Wildman–Crippen MR) is 79.6 cm³/mol. The summed E-state index contributed by atoms with van der Waals surface area (Å²) in [4.78, 5) is 25.7. The summed E-state index contributed by atoms with van der Waals surface area (Å²) < 4.78 is 0. The van der Waals surface area contributed by atoms with E-state index in [2.05, 4.69) is 0 Å². The van der Waals surface area contributed by atoms with Crippen LogP contribution in [0.25, 0.3) is 10.8 Å². The SMILES string of the molecule is O=C(NO)[C@@H]1CCCN1C(=O)c1ccc2ccccc2c1O. The van der Waals surface area contributed by atoms with Crippen LogP contribution in [0.2, 0.25) is 0 Å². The molecule has 1 saturated heterocycles. The largest absolute Gasteiger partial charge is 0.506 e. The summed E-state index contributed by atoms with van der Waals surface area (Å²) in [5, 5.41) is 20.6. The van der Waals surface area contributed by atoms with E-state index < -0.39 is 17.9 Å². The summed E-state index contributed by atoms with van der Waals surface area (Å²) >= 11 is 0. The third-order valence-electron chi connectivity index (χ3n) is 4.06. The Morgan fingerprint density at radius 1 is 1.18 bits per heavy atom. The molecule has 1 heterocycles. The molecule has 3 N–H and O–H groups in total. The molecule has 22 heavy (non-hydrogen) atoms. The normalized spacial score (nSPS) is 17.7. The molecule has 6 heteroatoms. The molecule has 1 aliphatic rings. The summed E-state index contributed by atoms with van der Waals surface area (Å²) in [7, 11) is 0. The van der Waals surface area contributed by atoms with E-state index in [9.17, 15) is 14.7 Å². The molecule has 114 valence electrons. The van der Waals surface area contributed by atoms with Gasteiger partial charge in [-0.2, -0.15) is 0 Å². The van der Waals surface area contributed by atoms with Gasteiger partial charge in [0.2, 0.25) is 0 Å². The minimum absolute atomic E-state index is 0.0850. The van der Waals surface area contributed by atoms with Gasteiger partial charge < -0.3 is 10.0 Å². The van der Waals surface area contributed by atoms with Gasteiger partial charge in [0.05, 0.1) is 5.56 Å². The highest BCUT2D eigenvalue weighted by Crippen LogP contribution is 2.31. The van der Waals surface area contributed by atoms with Crippen molar-refractivity contribution in [1.29, 1.82) is 0 Å². The Balaban J connectivity index is 1.98. The standard InChI is InChI=1S/C16H16N2O4/c19-14-11-5-2-1-4-10(11)7-8-12(14)16(21)18-9-3-6-13(18)15(20)17-22/h1-2,4-5,7-8,13,19,22H,3,6,9H2,(H,17,20)/t13-/m0/s1. The number of hydroxylamine groups is 1. The minimum Gasteiger partial charge on any atom is -0.506 e. The second-order valence-electron chi connectivity index (χ2n) is 5.32. The molecule has 0 unspecified atom stereocenters. The van der Waals surface area contributed by atoms with Crippen LogP contribution in [0.15, 0.2) is 36.4 Å². The van der Waals surface area contributed by atoms with Gasteiger partial charge in [0.25, 0.3) is 11.8 Å². The van der Waals surface area contributed by atoms with Crippen molar-refractivity contribution >= 4 is 22.6 Å². The van der Waals surface area contributed by atoms with E-state index in [1.807, 2.05) is 12.1 Å². The van der Waals surface area contributed by atoms with Crippen molar-refractivity contribution in [3.05, 3.63) is 42.0 Å². The number of nitrogens with zero attached hydrogens (tertiary/aromatic N) is 1. The summed E-state index contributed by atoms with van der Waals surface area (Å²) in [5.74, 6) is -1.10. The molecule has 1 fully saturated rings. The monoisotopic (exact) mass is 300 g/mol. The molecule has 2 amide bonds.